The molecule has 0 bridgehead atoms. The number of rotatable bonds is 6. The normalized spacial score (nSPS) is 17.6. The van der Waals surface area contributed by atoms with Crippen LogP contribution in [0.3, 0.4) is 0 Å². The van der Waals surface area contributed by atoms with Crippen LogP contribution < -0.4 is 5.32 Å². The van der Waals surface area contributed by atoms with Gasteiger partial charge in [-0.2, -0.15) is 5.10 Å². The number of hydrogen-bond donors (Lipinski definition) is 1. The number of nitrogens with one attached hydrogen (secondary N) is 1. The van der Waals surface area contributed by atoms with Crippen molar-refractivity contribution in [2.75, 3.05) is 13.6 Å². The van der Waals surface area contributed by atoms with E-state index in [1.165, 1.54) is 42.3 Å². The maximum absolute atomic E-state index is 4.89. The molecule has 1 unspecified atom stereocenters. The quantitative estimate of drug-likeness (QED) is 0.878. The van der Waals surface area contributed by atoms with Gasteiger partial charge in [0.25, 0.3) is 0 Å². The molecule has 0 spiro atoms. The maximum atomic E-state index is 4.89. The van der Waals surface area contributed by atoms with Crippen molar-refractivity contribution < 1.29 is 0 Å². The Hall–Kier alpha value is -1.35. The average Bonchev–Trinajstić information content (AvgIpc) is 3.15. The molecule has 3 rings (SSSR count). The fraction of sp³-hybridized carbons (Fsp3) is 0.611. The summed E-state index contributed by atoms with van der Waals surface area (Å²) in [4.78, 5) is 0. The van der Waals surface area contributed by atoms with Gasteiger partial charge in [0.15, 0.2) is 0 Å². The van der Waals surface area contributed by atoms with E-state index in [9.17, 15) is 0 Å². The molecule has 3 heteroatoms. The smallest absolute Gasteiger partial charge is 0.0706 e. The maximum Gasteiger partial charge on any atom is 0.0706 e. The van der Waals surface area contributed by atoms with Gasteiger partial charge < -0.3 is 5.32 Å². The van der Waals surface area contributed by atoms with Crippen LogP contribution in [0.4, 0.5) is 0 Å². The van der Waals surface area contributed by atoms with Crippen molar-refractivity contribution in [3.63, 3.8) is 0 Å². The highest BCUT2D eigenvalue weighted by Gasteiger charge is 2.26. The van der Waals surface area contributed by atoms with Gasteiger partial charge >= 0.3 is 0 Å². The molecular formula is C18H27N3. The Morgan fingerprint density at radius 3 is 2.76 bits per heavy atom. The largest absolute Gasteiger partial charge is 0.319 e. The number of para-hydroxylation sites is 1. The fourth-order valence-corrected chi connectivity index (χ4v) is 3.93. The molecule has 21 heavy (non-hydrogen) atoms. The van der Waals surface area contributed by atoms with Gasteiger partial charge in [0.1, 0.15) is 0 Å². The summed E-state index contributed by atoms with van der Waals surface area (Å²) in [5, 5.41) is 9.64. The molecule has 1 atom stereocenters. The monoisotopic (exact) mass is 285 g/mol. The van der Waals surface area contributed by atoms with Gasteiger partial charge in [-0.25, -0.2) is 0 Å². The topological polar surface area (TPSA) is 29.9 Å². The summed E-state index contributed by atoms with van der Waals surface area (Å²) in [7, 11) is 2.07. The molecule has 114 valence electrons. The Bertz CT molecular complexity index is 581. The van der Waals surface area contributed by atoms with Crippen LogP contribution in [0.5, 0.6) is 0 Å². The number of aryl methyl sites for hydroxylation is 1. The molecule has 1 saturated carbocycles. The summed E-state index contributed by atoms with van der Waals surface area (Å²) >= 11 is 0. The van der Waals surface area contributed by atoms with Crippen LogP contribution in [0.25, 0.3) is 10.9 Å². The van der Waals surface area contributed by atoms with Crippen LogP contribution in [-0.4, -0.2) is 23.4 Å². The third-order valence-corrected chi connectivity index (χ3v) is 5.02. The van der Waals surface area contributed by atoms with Gasteiger partial charge in [-0.1, -0.05) is 43.9 Å². The zero-order valence-electron chi connectivity index (χ0n) is 13.3. The SMILES string of the molecule is CCn1nc(CC(CNC)C2CCCC2)c2ccccc21. The summed E-state index contributed by atoms with van der Waals surface area (Å²) in [5.41, 5.74) is 2.57. The summed E-state index contributed by atoms with van der Waals surface area (Å²) in [5.74, 6) is 1.60. The van der Waals surface area contributed by atoms with Crippen molar-refractivity contribution in [3.05, 3.63) is 30.0 Å². The van der Waals surface area contributed by atoms with Gasteiger partial charge in [0.2, 0.25) is 0 Å². The molecule has 3 nitrogen and oxygen atoms in total. The van der Waals surface area contributed by atoms with E-state index in [0.717, 1.165) is 31.3 Å². The summed E-state index contributed by atoms with van der Waals surface area (Å²) in [6.07, 6.45) is 6.74. The Balaban J connectivity index is 1.88. The Morgan fingerprint density at radius 2 is 2.05 bits per heavy atom. The molecule has 1 aromatic carbocycles. The van der Waals surface area contributed by atoms with Crippen molar-refractivity contribution in [2.45, 2.75) is 45.6 Å². The lowest BCUT2D eigenvalue weighted by Crippen LogP contribution is -2.26. The number of hydrogen-bond acceptors (Lipinski definition) is 2. The van der Waals surface area contributed by atoms with E-state index < -0.39 is 0 Å². The minimum atomic E-state index is 0.723. The second kappa shape index (κ2) is 6.61. The molecule has 0 saturated heterocycles. The molecule has 0 aliphatic heterocycles. The van der Waals surface area contributed by atoms with Crippen LogP contribution in [0.1, 0.15) is 38.3 Å². The van der Waals surface area contributed by atoms with Gasteiger partial charge in [0, 0.05) is 11.9 Å². The molecule has 1 fully saturated rings. The van der Waals surface area contributed by atoms with Gasteiger partial charge in [-0.05, 0) is 44.8 Å². The van der Waals surface area contributed by atoms with Crippen molar-refractivity contribution in [3.8, 4) is 0 Å². The summed E-state index contributed by atoms with van der Waals surface area (Å²) in [6, 6.07) is 8.67. The Kier molecular flexibility index (Phi) is 4.59. The molecule has 1 aromatic heterocycles. The molecule has 0 radical (unpaired) electrons. The summed E-state index contributed by atoms with van der Waals surface area (Å²) in [6.45, 7) is 4.23. The number of aromatic nitrogens is 2. The summed E-state index contributed by atoms with van der Waals surface area (Å²) < 4.78 is 2.15. The number of fused-ring (bicyclic) bond motifs is 1. The zero-order chi connectivity index (χ0) is 14.7. The third-order valence-electron chi connectivity index (χ3n) is 5.02. The van der Waals surface area contributed by atoms with E-state index in [1.54, 1.807) is 0 Å². The first-order valence-corrected chi connectivity index (χ1v) is 8.42. The molecular weight excluding hydrogens is 258 g/mol. The van der Waals surface area contributed by atoms with Crippen molar-refractivity contribution in [1.82, 2.24) is 15.1 Å². The van der Waals surface area contributed by atoms with Crippen LogP contribution in [-0.2, 0) is 13.0 Å². The second-order valence-electron chi connectivity index (χ2n) is 6.35. The third kappa shape index (κ3) is 2.98. The van der Waals surface area contributed by atoms with Crippen LogP contribution >= 0.6 is 0 Å². The minimum absolute atomic E-state index is 0.723. The van der Waals surface area contributed by atoms with Crippen LogP contribution in [0, 0.1) is 11.8 Å². The first-order valence-electron chi connectivity index (χ1n) is 8.42. The van der Waals surface area contributed by atoms with E-state index in [1.807, 2.05) is 0 Å². The van der Waals surface area contributed by atoms with E-state index in [0.29, 0.717) is 0 Å². The number of benzene rings is 1. The molecule has 0 amide bonds. The highest BCUT2D eigenvalue weighted by atomic mass is 15.3. The standard InChI is InChI=1S/C18H27N3/c1-3-21-18-11-7-6-10-16(18)17(20-21)12-15(13-19-2)14-8-4-5-9-14/h6-7,10-11,14-15,19H,3-5,8-9,12-13H2,1-2H3. The lowest BCUT2D eigenvalue weighted by atomic mass is 9.86. The predicted molar refractivity (Wildman–Crippen MR) is 88.5 cm³/mol. The zero-order valence-corrected chi connectivity index (χ0v) is 13.3. The average molecular weight is 285 g/mol. The lowest BCUT2D eigenvalue weighted by Gasteiger charge is -2.22. The first-order chi connectivity index (χ1) is 10.3. The van der Waals surface area contributed by atoms with Gasteiger partial charge in [0.05, 0.1) is 11.2 Å². The molecule has 1 aliphatic carbocycles. The predicted octanol–water partition coefficient (Wildman–Crippen LogP) is 3.62. The highest BCUT2D eigenvalue weighted by molar-refractivity contribution is 5.81. The molecule has 1 N–H and O–H groups in total. The molecule has 1 heterocycles. The number of nitrogens with zero attached hydrogens (tertiary/aromatic N) is 2. The molecule has 1 aliphatic rings. The van der Waals surface area contributed by atoms with Crippen molar-refractivity contribution >= 4 is 10.9 Å². The van der Waals surface area contributed by atoms with Crippen LogP contribution in [0.15, 0.2) is 24.3 Å². The highest BCUT2D eigenvalue weighted by Crippen LogP contribution is 2.34. The van der Waals surface area contributed by atoms with E-state index in [-0.39, 0.29) is 0 Å². The fourth-order valence-electron chi connectivity index (χ4n) is 3.93. The van der Waals surface area contributed by atoms with Crippen molar-refractivity contribution in [1.29, 1.82) is 0 Å². The van der Waals surface area contributed by atoms with E-state index in [4.69, 9.17) is 5.10 Å². The Labute approximate surface area is 127 Å². The van der Waals surface area contributed by atoms with E-state index in [2.05, 4.69) is 48.2 Å². The second-order valence-corrected chi connectivity index (χ2v) is 6.35. The molecule has 2 aromatic rings. The minimum Gasteiger partial charge on any atom is -0.319 e. The van der Waals surface area contributed by atoms with Crippen molar-refractivity contribution in [2.24, 2.45) is 11.8 Å². The first kappa shape index (κ1) is 14.6. The lowest BCUT2D eigenvalue weighted by molar-refractivity contribution is 0.325. The van der Waals surface area contributed by atoms with Gasteiger partial charge in [-0.3, -0.25) is 4.68 Å². The van der Waals surface area contributed by atoms with Gasteiger partial charge in [-0.15, -0.1) is 0 Å². The van der Waals surface area contributed by atoms with E-state index >= 15 is 0 Å². The Morgan fingerprint density at radius 1 is 1.29 bits per heavy atom. The van der Waals surface area contributed by atoms with Crippen LogP contribution in [0.2, 0.25) is 0 Å².